The Kier molecular flexibility index (Phi) is 8.35. The highest BCUT2D eigenvalue weighted by molar-refractivity contribution is 4.70. The number of alkyl halides is 1. The highest BCUT2D eigenvalue weighted by atomic mass is 19.1. The summed E-state index contributed by atoms with van der Waals surface area (Å²) in [6.07, 6.45) is 0. The van der Waals surface area contributed by atoms with Crippen LogP contribution in [0.3, 0.4) is 0 Å². The SMILES string of the molecule is CC.CCN1CCN(CCF)CC1. The molecule has 0 aromatic carbocycles. The van der Waals surface area contributed by atoms with E-state index in [4.69, 9.17) is 0 Å². The molecule has 1 aliphatic heterocycles. The van der Waals surface area contributed by atoms with Gasteiger partial charge in [-0.25, -0.2) is 4.39 Å². The molecule has 0 aromatic rings. The van der Waals surface area contributed by atoms with Crippen molar-refractivity contribution in [3.05, 3.63) is 0 Å². The summed E-state index contributed by atoms with van der Waals surface area (Å²) in [4.78, 5) is 4.58. The van der Waals surface area contributed by atoms with Crippen molar-refractivity contribution in [3.8, 4) is 0 Å². The Labute approximate surface area is 81.7 Å². The molecular weight excluding hydrogens is 167 g/mol. The van der Waals surface area contributed by atoms with E-state index in [1.807, 2.05) is 13.8 Å². The molecule has 0 spiro atoms. The molecule has 0 N–H and O–H groups in total. The fourth-order valence-corrected chi connectivity index (χ4v) is 1.45. The number of rotatable bonds is 3. The van der Waals surface area contributed by atoms with Gasteiger partial charge in [0, 0.05) is 32.7 Å². The van der Waals surface area contributed by atoms with Gasteiger partial charge in [-0.3, -0.25) is 4.90 Å². The highest BCUT2D eigenvalue weighted by Gasteiger charge is 2.13. The van der Waals surface area contributed by atoms with Crippen molar-refractivity contribution < 1.29 is 4.39 Å². The first-order valence-corrected chi connectivity index (χ1v) is 5.37. The molecule has 1 saturated heterocycles. The van der Waals surface area contributed by atoms with Gasteiger partial charge in [-0.2, -0.15) is 0 Å². The summed E-state index contributed by atoms with van der Waals surface area (Å²) in [7, 11) is 0. The summed E-state index contributed by atoms with van der Waals surface area (Å²) >= 11 is 0. The molecule has 0 unspecified atom stereocenters. The van der Waals surface area contributed by atoms with Crippen molar-refractivity contribution in [2.24, 2.45) is 0 Å². The normalized spacial score (nSPS) is 19.4. The second-order valence-corrected chi connectivity index (χ2v) is 2.96. The molecule has 13 heavy (non-hydrogen) atoms. The van der Waals surface area contributed by atoms with Crippen molar-refractivity contribution in [2.75, 3.05) is 45.9 Å². The zero-order valence-corrected chi connectivity index (χ0v) is 9.22. The maximum Gasteiger partial charge on any atom is 0.102 e. The van der Waals surface area contributed by atoms with Crippen LogP contribution in [0.25, 0.3) is 0 Å². The molecule has 0 amide bonds. The zero-order valence-electron chi connectivity index (χ0n) is 9.22. The largest absolute Gasteiger partial charge is 0.301 e. The lowest BCUT2D eigenvalue weighted by Gasteiger charge is -2.33. The molecule has 0 aliphatic carbocycles. The lowest BCUT2D eigenvalue weighted by molar-refractivity contribution is 0.130. The molecule has 0 radical (unpaired) electrons. The number of hydrogen-bond acceptors (Lipinski definition) is 2. The summed E-state index contributed by atoms with van der Waals surface area (Å²) in [5.41, 5.74) is 0. The summed E-state index contributed by atoms with van der Waals surface area (Å²) in [6.45, 7) is 12.0. The van der Waals surface area contributed by atoms with E-state index in [9.17, 15) is 4.39 Å². The minimum absolute atomic E-state index is 0.202. The number of halogens is 1. The monoisotopic (exact) mass is 190 g/mol. The van der Waals surface area contributed by atoms with Crippen molar-refractivity contribution in [3.63, 3.8) is 0 Å². The van der Waals surface area contributed by atoms with Crippen LogP contribution in [0, 0.1) is 0 Å². The van der Waals surface area contributed by atoms with Gasteiger partial charge < -0.3 is 4.90 Å². The van der Waals surface area contributed by atoms with E-state index in [-0.39, 0.29) is 6.67 Å². The number of hydrogen-bond donors (Lipinski definition) is 0. The minimum Gasteiger partial charge on any atom is -0.301 e. The lowest BCUT2D eigenvalue weighted by Crippen LogP contribution is -2.46. The Bertz CT molecular complexity index is 101. The molecule has 1 rings (SSSR count). The number of nitrogens with zero attached hydrogens (tertiary/aromatic N) is 2. The van der Waals surface area contributed by atoms with Crippen LogP contribution < -0.4 is 0 Å². The Morgan fingerprint density at radius 2 is 1.46 bits per heavy atom. The Morgan fingerprint density at radius 3 is 1.85 bits per heavy atom. The van der Waals surface area contributed by atoms with Gasteiger partial charge >= 0.3 is 0 Å². The van der Waals surface area contributed by atoms with Crippen LogP contribution in [0.15, 0.2) is 0 Å². The van der Waals surface area contributed by atoms with Crippen molar-refractivity contribution >= 4 is 0 Å². The number of likely N-dealkylation sites (N-methyl/N-ethyl adjacent to an activating group) is 1. The highest BCUT2D eigenvalue weighted by Crippen LogP contribution is 1.99. The lowest BCUT2D eigenvalue weighted by atomic mass is 10.3. The maximum absolute atomic E-state index is 11.9. The first kappa shape index (κ1) is 12.8. The van der Waals surface area contributed by atoms with E-state index in [1.165, 1.54) is 0 Å². The average molecular weight is 190 g/mol. The van der Waals surface area contributed by atoms with Gasteiger partial charge in [-0.15, -0.1) is 0 Å². The van der Waals surface area contributed by atoms with E-state index in [1.54, 1.807) is 0 Å². The number of piperazine rings is 1. The third-order valence-corrected chi connectivity index (χ3v) is 2.31. The van der Waals surface area contributed by atoms with Gasteiger partial charge in [0.25, 0.3) is 0 Å². The van der Waals surface area contributed by atoms with Gasteiger partial charge in [0.05, 0.1) is 0 Å². The van der Waals surface area contributed by atoms with Crippen LogP contribution in [0.5, 0.6) is 0 Å². The molecule has 2 nitrogen and oxygen atoms in total. The Morgan fingerprint density at radius 1 is 1.00 bits per heavy atom. The molecule has 1 heterocycles. The maximum atomic E-state index is 11.9. The second-order valence-electron chi connectivity index (χ2n) is 2.96. The van der Waals surface area contributed by atoms with Crippen LogP contribution >= 0.6 is 0 Å². The van der Waals surface area contributed by atoms with E-state index >= 15 is 0 Å². The fraction of sp³-hybridized carbons (Fsp3) is 1.00. The van der Waals surface area contributed by atoms with Gasteiger partial charge in [-0.05, 0) is 6.54 Å². The molecule has 0 bridgehead atoms. The third kappa shape index (κ3) is 5.21. The molecular formula is C10H23FN2. The van der Waals surface area contributed by atoms with E-state index in [2.05, 4.69) is 16.7 Å². The van der Waals surface area contributed by atoms with Crippen LogP contribution in [-0.4, -0.2) is 55.7 Å². The van der Waals surface area contributed by atoms with Crippen LogP contribution in [-0.2, 0) is 0 Å². The predicted octanol–water partition coefficient (Wildman–Crippen LogP) is 1.62. The predicted molar refractivity (Wildman–Crippen MR) is 55.9 cm³/mol. The van der Waals surface area contributed by atoms with Gasteiger partial charge in [-0.1, -0.05) is 20.8 Å². The van der Waals surface area contributed by atoms with E-state index in [0.717, 1.165) is 32.7 Å². The second kappa shape index (κ2) is 8.45. The van der Waals surface area contributed by atoms with Gasteiger partial charge in [0.15, 0.2) is 0 Å². The van der Waals surface area contributed by atoms with E-state index in [0.29, 0.717) is 6.54 Å². The third-order valence-electron chi connectivity index (χ3n) is 2.31. The Hall–Kier alpha value is -0.150. The van der Waals surface area contributed by atoms with Crippen molar-refractivity contribution in [2.45, 2.75) is 20.8 Å². The minimum atomic E-state index is -0.202. The summed E-state index contributed by atoms with van der Waals surface area (Å²) in [5, 5.41) is 0. The van der Waals surface area contributed by atoms with Crippen molar-refractivity contribution in [1.29, 1.82) is 0 Å². The molecule has 0 atom stereocenters. The van der Waals surface area contributed by atoms with Crippen molar-refractivity contribution in [1.82, 2.24) is 9.80 Å². The smallest absolute Gasteiger partial charge is 0.102 e. The molecule has 80 valence electrons. The summed E-state index contributed by atoms with van der Waals surface area (Å²) < 4.78 is 11.9. The first-order chi connectivity index (χ1) is 6.36. The molecule has 1 aliphatic rings. The zero-order chi connectivity index (χ0) is 10.1. The quantitative estimate of drug-likeness (QED) is 0.667. The van der Waals surface area contributed by atoms with Crippen LogP contribution in [0.2, 0.25) is 0 Å². The Balaban J connectivity index is 0.000000671. The fourth-order valence-electron chi connectivity index (χ4n) is 1.45. The molecule has 1 fully saturated rings. The standard InChI is InChI=1S/C8H17FN2.C2H6/c1-2-10-5-7-11(4-3-9)8-6-10;1-2/h2-8H2,1H3;1-2H3. The molecule has 3 heteroatoms. The van der Waals surface area contributed by atoms with E-state index < -0.39 is 0 Å². The van der Waals surface area contributed by atoms with Gasteiger partial charge in [0.2, 0.25) is 0 Å². The molecule has 0 saturated carbocycles. The van der Waals surface area contributed by atoms with Crippen LogP contribution in [0.4, 0.5) is 4.39 Å². The van der Waals surface area contributed by atoms with Crippen LogP contribution in [0.1, 0.15) is 20.8 Å². The topological polar surface area (TPSA) is 6.48 Å². The average Bonchev–Trinajstić information content (AvgIpc) is 2.23. The molecule has 0 aromatic heterocycles. The van der Waals surface area contributed by atoms with Gasteiger partial charge in [0.1, 0.15) is 6.67 Å². The summed E-state index contributed by atoms with van der Waals surface area (Å²) in [6, 6.07) is 0. The summed E-state index contributed by atoms with van der Waals surface area (Å²) in [5.74, 6) is 0. The first-order valence-electron chi connectivity index (χ1n) is 5.37.